The van der Waals surface area contributed by atoms with E-state index in [4.69, 9.17) is 9.47 Å². The van der Waals surface area contributed by atoms with E-state index < -0.39 is 0 Å². The molecule has 0 aliphatic rings. The van der Waals surface area contributed by atoms with Gasteiger partial charge in [0.05, 0.1) is 18.5 Å². The number of pyridine rings is 1. The quantitative estimate of drug-likeness (QED) is 0.800. The first-order valence-corrected chi connectivity index (χ1v) is 5.46. The van der Waals surface area contributed by atoms with Crippen molar-refractivity contribution in [2.45, 2.75) is 26.0 Å². The zero-order chi connectivity index (χ0) is 12.0. The van der Waals surface area contributed by atoms with E-state index in [-0.39, 0.29) is 12.1 Å². The van der Waals surface area contributed by atoms with Gasteiger partial charge in [0, 0.05) is 13.2 Å². The Morgan fingerprint density at radius 3 is 2.62 bits per heavy atom. The zero-order valence-corrected chi connectivity index (χ0v) is 10.4. The molecule has 2 unspecified atom stereocenters. The van der Waals surface area contributed by atoms with Crippen LogP contribution in [0.1, 0.15) is 25.6 Å². The molecule has 1 rings (SSSR count). The highest BCUT2D eigenvalue weighted by Crippen LogP contribution is 2.15. The Morgan fingerprint density at radius 1 is 1.38 bits per heavy atom. The summed E-state index contributed by atoms with van der Waals surface area (Å²) >= 11 is 0. The van der Waals surface area contributed by atoms with Gasteiger partial charge in [-0.1, -0.05) is 0 Å². The third-order valence-electron chi connectivity index (χ3n) is 2.37. The fraction of sp³-hybridized carbons (Fsp3) is 0.583. The molecule has 0 spiro atoms. The van der Waals surface area contributed by atoms with Gasteiger partial charge < -0.3 is 14.8 Å². The van der Waals surface area contributed by atoms with E-state index in [1.54, 1.807) is 13.3 Å². The highest BCUT2D eigenvalue weighted by Gasteiger charge is 2.06. The molecule has 2 atom stereocenters. The third kappa shape index (κ3) is 3.79. The first-order valence-electron chi connectivity index (χ1n) is 5.46. The van der Waals surface area contributed by atoms with Gasteiger partial charge in [-0.3, -0.25) is 4.98 Å². The molecule has 0 aliphatic heterocycles. The molecule has 1 aromatic rings. The molecular weight excluding hydrogens is 204 g/mol. The molecule has 16 heavy (non-hydrogen) atoms. The summed E-state index contributed by atoms with van der Waals surface area (Å²) in [4.78, 5) is 4.33. The molecule has 0 bridgehead atoms. The van der Waals surface area contributed by atoms with Crippen molar-refractivity contribution in [3.8, 4) is 5.75 Å². The summed E-state index contributed by atoms with van der Waals surface area (Å²) in [5, 5.41) is 3.14. The molecule has 1 heterocycles. The molecule has 90 valence electrons. The van der Waals surface area contributed by atoms with Crippen molar-refractivity contribution in [2.75, 3.05) is 20.8 Å². The summed E-state index contributed by atoms with van der Waals surface area (Å²) in [6, 6.07) is 4.16. The molecule has 0 fully saturated rings. The van der Waals surface area contributed by atoms with Gasteiger partial charge in [0.2, 0.25) is 0 Å². The van der Waals surface area contributed by atoms with Crippen molar-refractivity contribution in [3.63, 3.8) is 0 Å². The van der Waals surface area contributed by atoms with Crippen molar-refractivity contribution < 1.29 is 9.47 Å². The lowest BCUT2D eigenvalue weighted by molar-refractivity contribution is 0.0918. The molecule has 0 amide bonds. The maximum atomic E-state index is 5.62. The number of aromatic nitrogens is 1. The molecule has 0 saturated heterocycles. The summed E-state index contributed by atoms with van der Waals surface area (Å²) in [5.41, 5.74) is 1.01. The van der Waals surface area contributed by atoms with Crippen LogP contribution in [0.5, 0.6) is 5.75 Å². The van der Waals surface area contributed by atoms with E-state index in [0.717, 1.165) is 11.4 Å². The Labute approximate surface area is 97.0 Å². The van der Waals surface area contributed by atoms with Crippen LogP contribution in [0.25, 0.3) is 0 Å². The summed E-state index contributed by atoms with van der Waals surface area (Å²) in [6.45, 7) is 4.61. The molecular formula is C12H20N2O2. The van der Waals surface area contributed by atoms with E-state index in [1.807, 2.05) is 26.1 Å². The number of hydrogen-bond donors (Lipinski definition) is 1. The monoisotopic (exact) mass is 224 g/mol. The van der Waals surface area contributed by atoms with Gasteiger partial charge >= 0.3 is 0 Å². The van der Waals surface area contributed by atoms with Crippen LogP contribution in [0.2, 0.25) is 0 Å². The minimum absolute atomic E-state index is 0.0411. The van der Waals surface area contributed by atoms with E-state index in [1.165, 1.54) is 0 Å². The van der Waals surface area contributed by atoms with Gasteiger partial charge in [-0.05, 0) is 33.0 Å². The fourth-order valence-electron chi connectivity index (χ4n) is 1.37. The van der Waals surface area contributed by atoms with Gasteiger partial charge in [0.15, 0.2) is 0 Å². The maximum Gasteiger partial charge on any atom is 0.138 e. The van der Waals surface area contributed by atoms with Crippen LogP contribution < -0.4 is 10.1 Å². The van der Waals surface area contributed by atoms with Crippen molar-refractivity contribution in [1.29, 1.82) is 0 Å². The van der Waals surface area contributed by atoms with Gasteiger partial charge in [-0.25, -0.2) is 0 Å². The SMILES string of the molecule is CNC(C)c1ccc(OC(C)COC)cn1. The fourth-order valence-corrected chi connectivity index (χ4v) is 1.37. The lowest BCUT2D eigenvalue weighted by Crippen LogP contribution is -2.18. The van der Waals surface area contributed by atoms with Crippen LogP contribution in [-0.4, -0.2) is 31.9 Å². The lowest BCUT2D eigenvalue weighted by atomic mass is 10.2. The second kappa shape index (κ2) is 6.45. The number of nitrogens with one attached hydrogen (secondary N) is 1. The molecule has 0 radical (unpaired) electrons. The Morgan fingerprint density at radius 2 is 2.12 bits per heavy atom. The van der Waals surface area contributed by atoms with E-state index in [0.29, 0.717) is 6.61 Å². The van der Waals surface area contributed by atoms with E-state index in [2.05, 4.69) is 17.2 Å². The summed E-state index contributed by atoms with van der Waals surface area (Å²) < 4.78 is 10.6. The lowest BCUT2D eigenvalue weighted by Gasteiger charge is -2.14. The molecule has 4 heteroatoms. The number of methoxy groups -OCH3 is 1. The van der Waals surface area contributed by atoms with Gasteiger partial charge in [-0.15, -0.1) is 0 Å². The van der Waals surface area contributed by atoms with Crippen LogP contribution >= 0.6 is 0 Å². The second-order valence-electron chi connectivity index (χ2n) is 3.81. The first-order chi connectivity index (χ1) is 7.67. The normalized spacial score (nSPS) is 14.5. The minimum atomic E-state index is 0.0411. The molecule has 0 saturated carbocycles. The van der Waals surface area contributed by atoms with Crippen LogP contribution in [0, 0.1) is 0 Å². The minimum Gasteiger partial charge on any atom is -0.487 e. The number of ether oxygens (including phenoxy) is 2. The van der Waals surface area contributed by atoms with Crippen LogP contribution in [0.4, 0.5) is 0 Å². The molecule has 4 nitrogen and oxygen atoms in total. The van der Waals surface area contributed by atoms with E-state index >= 15 is 0 Å². The summed E-state index contributed by atoms with van der Waals surface area (Å²) in [7, 11) is 3.58. The maximum absolute atomic E-state index is 5.62. The topological polar surface area (TPSA) is 43.4 Å². The number of hydrogen-bond acceptors (Lipinski definition) is 4. The molecule has 1 aromatic heterocycles. The van der Waals surface area contributed by atoms with Crippen molar-refractivity contribution in [3.05, 3.63) is 24.0 Å². The third-order valence-corrected chi connectivity index (χ3v) is 2.37. The van der Waals surface area contributed by atoms with Gasteiger partial charge in [0.1, 0.15) is 11.9 Å². The zero-order valence-electron chi connectivity index (χ0n) is 10.4. The van der Waals surface area contributed by atoms with Gasteiger partial charge in [0.25, 0.3) is 0 Å². The standard InChI is InChI=1S/C12H20N2O2/c1-9(8-15-4)16-11-5-6-12(14-7-11)10(2)13-3/h5-7,9-10,13H,8H2,1-4H3. The Bertz CT molecular complexity index is 300. The Kier molecular flexibility index (Phi) is 5.22. The molecule has 1 N–H and O–H groups in total. The first kappa shape index (κ1) is 12.9. The van der Waals surface area contributed by atoms with Crippen molar-refractivity contribution >= 4 is 0 Å². The number of nitrogens with zero attached hydrogens (tertiary/aromatic N) is 1. The highest BCUT2D eigenvalue weighted by atomic mass is 16.5. The largest absolute Gasteiger partial charge is 0.487 e. The average molecular weight is 224 g/mol. The smallest absolute Gasteiger partial charge is 0.138 e. The van der Waals surface area contributed by atoms with E-state index in [9.17, 15) is 0 Å². The second-order valence-corrected chi connectivity index (χ2v) is 3.81. The van der Waals surface area contributed by atoms with Crippen molar-refractivity contribution in [2.24, 2.45) is 0 Å². The van der Waals surface area contributed by atoms with Gasteiger partial charge in [-0.2, -0.15) is 0 Å². The molecule has 0 aliphatic carbocycles. The van der Waals surface area contributed by atoms with Crippen molar-refractivity contribution in [1.82, 2.24) is 10.3 Å². The molecule has 0 aromatic carbocycles. The predicted molar refractivity (Wildman–Crippen MR) is 63.7 cm³/mol. The highest BCUT2D eigenvalue weighted by molar-refractivity contribution is 5.21. The van der Waals surface area contributed by atoms with Crippen LogP contribution in [-0.2, 0) is 4.74 Å². The Hall–Kier alpha value is -1.13. The Balaban J connectivity index is 2.57. The average Bonchev–Trinajstić information content (AvgIpc) is 2.29. The van der Waals surface area contributed by atoms with Crippen LogP contribution in [0.15, 0.2) is 18.3 Å². The number of rotatable bonds is 6. The van der Waals surface area contributed by atoms with Crippen LogP contribution in [0.3, 0.4) is 0 Å². The predicted octanol–water partition coefficient (Wildman–Crippen LogP) is 1.78. The summed E-state index contributed by atoms with van der Waals surface area (Å²) in [6.07, 6.45) is 1.79. The summed E-state index contributed by atoms with van der Waals surface area (Å²) in [5.74, 6) is 0.775.